The summed E-state index contributed by atoms with van der Waals surface area (Å²) in [5.41, 5.74) is 4.62. The number of hydrogen-bond acceptors (Lipinski definition) is 2. The molecule has 0 saturated heterocycles. The number of methoxy groups -OCH3 is 1. The molecule has 2 rings (SSSR count). The highest BCUT2D eigenvalue weighted by Gasteiger charge is 2.17. The number of benzene rings is 2. The summed E-state index contributed by atoms with van der Waals surface area (Å²) >= 11 is 3.39. The number of aryl methyl sites for hydroxylation is 3. The highest BCUT2D eigenvalue weighted by atomic mass is 79.9. The third kappa shape index (κ3) is 2.78. The second-order valence-corrected chi connectivity index (χ2v) is 5.84. The number of carbonyl (C=O) groups is 1. The van der Waals surface area contributed by atoms with Gasteiger partial charge in [0.15, 0.2) is 5.78 Å². The summed E-state index contributed by atoms with van der Waals surface area (Å²) in [4.78, 5) is 12.7. The van der Waals surface area contributed by atoms with Gasteiger partial charge in [-0.3, -0.25) is 4.79 Å². The van der Waals surface area contributed by atoms with Crippen molar-refractivity contribution >= 4 is 21.7 Å². The molecule has 0 N–H and O–H groups in total. The van der Waals surface area contributed by atoms with E-state index in [0.717, 1.165) is 21.2 Å². The van der Waals surface area contributed by atoms with E-state index in [9.17, 15) is 4.79 Å². The quantitative estimate of drug-likeness (QED) is 0.767. The lowest BCUT2D eigenvalue weighted by Gasteiger charge is -2.12. The summed E-state index contributed by atoms with van der Waals surface area (Å²) in [6, 6.07) is 9.46. The molecule has 0 aliphatic carbocycles. The van der Waals surface area contributed by atoms with Gasteiger partial charge in [0, 0.05) is 10.0 Å². The summed E-state index contributed by atoms with van der Waals surface area (Å²) < 4.78 is 6.20. The molecule has 0 unspecified atom stereocenters. The van der Waals surface area contributed by atoms with Crippen molar-refractivity contribution in [3.05, 3.63) is 62.6 Å². The first-order valence-electron chi connectivity index (χ1n) is 6.40. The zero-order valence-electron chi connectivity index (χ0n) is 12.1. The molecule has 0 atom stereocenters. The predicted octanol–water partition coefficient (Wildman–Crippen LogP) is 4.61. The first-order chi connectivity index (χ1) is 9.43. The molecule has 0 heterocycles. The minimum absolute atomic E-state index is 0.00468. The topological polar surface area (TPSA) is 26.3 Å². The molecule has 0 spiro atoms. The lowest BCUT2D eigenvalue weighted by Crippen LogP contribution is -2.07. The molecular formula is C17H17BrO2. The Labute approximate surface area is 127 Å². The van der Waals surface area contributed by atoms with Crippen molar-refractivity contribution in [1.82, 2.24) is 0 Å². The van der Waals surface area contributed by atoms with E-state index in [-0.39, 0.29) is 5.78 Å². The molecule has 0 aromatic heterocycles. The van der Waals surface area contributed by atoms with Crippen molar-refractivity contribution in [3.8, 4) is 5.75 Å². The molecule has 0 fully saturated rings. The van der Waals surface area contributed by atoms with Crippen LogP contribution in [0.15, 0.2) is 34.8 Å². The monoisotopic (exact) mass is 332 g/mol. The Bertz CT molecular complexity index is 675. The first-order valence-corrected chi connectivity index (χ1v) is 7.19. The highest BCUT2D eigenvalue weighted by molar-refractivity contribution is 9.10. The SMILES string of the molecule is COc1cc(Br)ccc1C(=O)c1cc(C)c(C)cc1C. The average molecular weight is 333 g/mol. The smallest absolute Gasteiger partial charge is 0.197 e. The van der Waals surface area contributed by atoms with Crippen molar-refractivity contribution < 1.29 is 9.53 Å². The Kier molecular flexibility index (Phi) is 4.29. The summed E-state index contributed by atoms with van der Waals surface area (Å²) in [5.74, 6) is 0.581. The van der Waals surface area contributed by atoms with E-state index < -0.39 is 0 Å². The normalized spacial score (nSPS) is 10.4. The van der Waals surface area contributed by atoms with Crippen LogP contribution in [-0.2, 0) is 0 Å². The summed E-state index contributed by atoms with van der Waals surface area (Å²) in [5, 5.41) is 0. The molecule has 0 radical (unpaired) electrons. The average Bonchev–Trinajstić information content (AvgIpc) is 2.42. The fraction of sp³-hybridized carbons (Fsp3) is 0.235. The van der Waals surface area contributed by atoms with Crippen molar-refractivity contribution in [2.24, 2.45) is 0 Å². The Hall–Kier alpha value is -1.61. The van der Waals surface area contributed by atoms with Crippen LogP contribution in [0.3, 0.4) is 0 Å². The molecule has 2 nitrogen and oxygen atoms in total. The number of rotatable bonds is 3. The lowest BCUT2D eigenvalue weighted by atomic mass is 9.94. The maximum absolute atomic E-state index is 12.7. The standard InChI is InChI=1S/C17H17BrO2/c1-10-7-12(3)15(8-11(10)2)17(19)14-6-5-13(18)9-16(14)20-4/h5-9H,1-4H3. The van der Waals surface area contributed by atoms with Crippen LogP contribution in [0.1, 0.15) is 32.6 Å². The van der Waals surface area contributed by atoms with E-state index in [2.05, 4.69) is 22.9 Å². The van der Waals surface area contributed by atoms with Crippen molar-refractivity contribution in [1.29, 1.82) is 0 Å². The Morgan fingerprint density at radius 2 is 1.60 bits per heavy atom. The molecule has 2 aromatic carbocycles. The van der Waals surface area contributed by atoms with Crippen LogP contribution >= 0.6 is 15.9 Å². The lowest BCUT2D eigenvalue weighted by molar-refractivity contribution is 0.103. The van der Waals surface area contributed by atoms with Gasteiger partial charge in [0.05, 0.1) is 12.7 Å². The number of carbonyl (C=O) groups excluding carboxylic acids is 1. The van der Waals surface area contributed by atoms with E-state index >= 15 is 0 Å². The third-order valence-electron chi connectivity index (χ3n) is 3.49. The Balaban J connectivity index is 2.54. The third-order valence-corrected chi connectivity index (χ3v) is 3.99. The highest BCUT2D eigenvalue weighted by Crippen LogP contribution is 2.27. The maximum atomic E-state index is 12.7. The zero-order valence-corrected chi connectivity index (χ0v) is 13.7. The maximum Gasteiger partial charge on any atom is 0.197 e. The van der Waals surface area contributed by atoms with E-state index in [1.165, 1.54) is 5.56 Å². The van der Waals surface area contributed by atoms with Crippen LogP contribution < -0.4 is 4.74 Å². The van der Waals surface area contributed by atoms with Gasteiger partial charge in [-0.1, -0.05) is 22.0 Å². The van der Waals surface area contributed by atoms with Crippen LogP contribution in [-0.4, -0.2) is 12.9 Å². The molecule has 0 saturated carbocycles. The zero-order chi connectivity index (χ0) is 14.9. The largest absolute Gasteiger partial charge is 0.496 e. The van der Waals surface area contributed by atoms with Gasteiger partial charge >= 0.3 is 0 Å². The number of ketones is 1. The minimum atomic E-state index is -0.00468. The van der Waals surface area contributed by atoms with Crippen LogP contribution in [0.2, 0.25) is 0 Å². The molecule has 20 heavy (non-hydrogen) atoms. The van der Waals surface area contributed by atoms with Crippen molar-refractivity contribution in [2.45, 2.75) is 20.8 Å². The second kappa shape index (κ2) is 5.80. The van der Waals surface area contributed by atoms with Crippen molar-refractivity contribution in [2.75, 3.05) is 7.11 Å². The van der Waals surface area contributed by atoms with Gasteiger partial charge in [0.1, 0.15) is 5.75 Å². The minimum Gasteiger partial charge on any atom is -0.496 e. The molecule has 3 heteroatoms. The van der Waals surface area contributed by atoms with Gasteiger partial charge in [-0.25, -0.2) is 0 Å². The molecule has 0 amide bonds. The predicted molar refractivity (Wildman–Crippen MR) is 84.8 cm³/mol. The Morgan fingerprint density at radius 3 is 2.25 bits per heavy atom. The summed E-state index contributed by atoms with van der Waals surface area (Å²) in [6.07, 6.45) is 0. The van der Waals surface area contributed by atoms with E-state index in [1.807, 2.05) is 38.1 Å². The van der Waals surface area contributed by atoms with Crippen LogP contribution in [0.25, 0.3) is 0 Å². The van der Waals surface area contributed by atoms with Gasteiger partial charge in [0.25, 0.3) is 0 Å². The fourth-order valence-corrected chi connectivity index (χ4v) is 2.54. The van der Waals surface area contributed by atoms with Crippen molar-refractivity contribution in [3.63, 3.8) is 0 Å². The van der Waals surface area contributed by atoms with E-state index in [4.69, 9.17) is 4.74 Å². The molecule has 104 valence electrons. The molecule has 0 bridgehead atoms. The number of ether oxygens (including phenoxy) is 1. The second-order valence-electron chi connectivity index (χ2n) is 4.93. The molecule has 0 aliphatic rings. The summed E-state index contributed by atoms with van der Waals surface area (Å²) in [6.45, 7) is 6.03. The van der Waals surface area contributed by atoms with Gasteiger partial charge in [-0.2, -0.15) is 0 Å². The van der Waals surface area contributed by atoms with Crippen LogP contribution in [0.4, 0.5) is 0 Å². The van der Waals surface area contributed by atoms with Crippen LogP contribution in [0.5, 0.6) is 5.75 Å². The molecule has 2 aromatic rings. The van der Waals surface area contributed by atoms with Gasteiger partial charge < -0.3 is 4.74 Å². The summed E-state index contributed by atoms with van der Waals surface area (Å²) in [7, 11) is 1.58. The van der Waals surface area contributed by atoms with Crippen LogP contribution in [0, 0.1) is 20.8 Å². The molecular weight excluding hydrogens is 316 g/mol. The van der Waals surface area contributed by atoms with Gasteiger partial charge in [-0.05, 0) is 61.7 Å². The Morgan fingerprint density at radius 1 is 0.950 bits per heavy atom. The molecule has 0 aliphatic heterocycles. The number of hydrogen-bond donors (Lipinski definition) is 0. The van der Waals surface area contributed by atoms with Gasteiger partial charge in [-0.15, -0.1) is 0 Å². The first kappa shape index (κ1) is 14.8. The van der Waals surface area contributed by atoms with Gasteiger partial charge in [0.2, 0.25) is 0 Å². The number of halogens is 1. The van der Waals surface area contributed by atoms with E-state index in [1.54, 1.807) is 13.2 Å². The van der Waals surface area contributed by atoms with E-state index in [0.29, 0.717) is 11.3 Å². The fourth-order valence-electron chi connectivity index (χ4n) is 2.20.